The van der Waals surface area contributed by atoms with Gasteiger partial charge in [-0.2, -0.15) is 0 Å². The van der Waals surface area contributed by atoms with Crippen molar-refractivity contribution >= 4 is 27.5 Å². The molecule has 1 aliphatic heterocycles. The van der Waals surface area contributed by atoms with E-state index in [4.69, 9.17) is 0 Å². The summed E-state index contributed by atoms with van der Waals surface area (Å²) in [4.78, 5) is 26.7. The Morgan fingerprint density at radius 1 is 1.27 bits per heavy atom. The Bertz CT molecular complexity index is 803. The molecular formula is C18H27N3O4S. The number of amides is 2. The molecule has 1 heterocycles. The lowest BCUT2D eigenvalue weighted by atomic mass is 10.0. The molecule has 1 aromatic rings. The molecule has 1 unspecified atom stereocenters. The average Bonchev–Trinajstić information content (AvgIpc) is 2.94. The van der Waals surface area contributed by atoms with Crippen molar-refractivity contribution in [3.8, 4) is 0 Å². The van der Waals surface area contributed by atoms with Crippen LogP contribution in [0.15, 0.2) is 23.1 Å². The molecule has 0 aromatic heterocycles. The van der Waals surface area contributed by atoms with Crippen LogP contribution in [0.2, 0.25) is 0 Å². The third-order valence-corrected chi connectivity index (χ3v) is 6.40. The fourth-order valence-electron chi connectivity index (χ4n) is 3.08. The first-order valence-electron chi connectivity index (χ1n) is 8.69. The van der Waals surface area contributed by atoms with Gasteiger partial charge in [0.15, 0.2) is 0 Å². The maximum atomic E-state index is 12.9. The maximum absolute atomic E-state index is 12.9. The summed E-state index contributed by atoms with van der Waals surface area (Å²) in [6.45, 7) is 6.17. The highest BCUT2D eigenvalue weighted by Crippen LogP contribution is 2.25. The third-order valence-electron chi connectivity index (χ3n) is 4.59. The monoisotopic (exact) mass is 381 g/mol. The van der Waals surface area contributed by atoms with Crippen molar-refractivity contribution < 1.29 is 18.0 Å². The van der Waals surface area contributed by atoms with Crippen LogP contribution in [0.4, 0.5) is 5.69 Å². The van der Waals surface area contributed by atoms with Crippen LogP contribution in [-0.2, 0) is 19.6 Å². The van der Waals surface area contributed by atoms with E-state index in [-0.39, 0.29) is 22.6 Å². The van der Waals surface area contributed by atoms with Gasteiger partial charge in [0.1, 0.15) is 6.04 Å². The molecule has 144 valence electrons. The zero-order valence-corrected chi connectivity index (χ0v) is 16.8. The van der Waals surface area contributed by atoms with Crippen LogP contribution < -0.4 is 5.32 Å². The number of benzene rings is 1. The summed E-state index contributed by atoms with van der Waals surface area (Å²) in [6, 6.07) is 4.08. The quantitative estimate of drug-likeness (QED) is 0.814. The van der Waals surface area contributed by atoms with E-state index >= 15 is 0 Å². The fraction of sp³-hybridized carbons (Fsp3) is 0.556. The Hall–Kier alpha value is -1.93. The maximum Gasteiger partial charge on any atom is 0.247 e. The van der Waals surface area contributed by atoms with Gasteiger partial charge in [0.25, 0.3) is 0 Å². The Balaban J connectivity index is 2.31. The van der Waals surface area contributed by atoms with Gasteiger partial charge in [0, 0.05) is 32.7 Å². The molecule has 0 bridgehead atoms. The lowest BCUT2D eigenvalue weighted by Gasteiger charge is -2.30. The first-order chi connectivity index (χ1) is 12.1. The second-order valence-electron chi connectivity index (χ2n) is 7.13. The highest BCUT2D eigenvalue weighted by Gasteiger charge is 2.35. The van der Waals surface area contributed by atoms with E-state index in [1.54, 1.807) is 17.9 Å². The van der Waals surface area contributed by atoms with Crippen LogP contribution in [0.3, 0.4) is 0 Å². The molecule has 1 fully saturated rings. The van der Waals surface area contributed by atoms with Crippen molar-refractivity contribution in [3.05, 3.63) is 23.8 Å². The van der Waals surface area contributed by atoms with Crippen molar-refractivity contribution in [2.75, 3.05) is 26.0 Å². The minimum absolute atomic E-state index is 0.0143. The van der Waals surface area contributed by atoms with Crippen LogP contribution in [0, 0.1) is 12.8 Å². The Morgan fingerprint density at radius 2 is 1.92 bits per heavy atom. The lowest BCUT2D eigenvalue weighted by Crippen LogP contribution is -2.48. The van der Waals surface area contributed by atoms with E-state index < -0.39 is 16.1 Å². The minimum atomic E-state index is -3.60. The standard InChI is InChI=1S/C18H27N3O4S/c1-12(2)17(21-10-6-7-16(21)22)18(23)19-15-11-14(9-8-13(15)3)26(24,25)20(4)5/h8-9,11-12,17H,6-7,10H2,1-5H3,(H,19,23). The number of carbonyl (C=O) groups is 2. The topological polar surface area (TPSA) is 86.8 Å². The fourth-order valence-corrected chi connectivity index (χ4v) is 4.01. The van der Waals surface area contributed by atoms with Gasteiger partial charge in [-0.1, -0.05) is 19.9 Å². The molecule has 0 radical (unpaired) electrons. The predicted molar refractivity (Wildman–Crippen MR) is 100 cm³/mol. The van der Waals surface area contributed by atoms with Gasteiger partial charge < -0.3 is 10.2 Å². The summed E-state index contributed by atoms with van der Waals surface area (Å²) in [5.74, 6) is -0.358. The lowest BCUT2D eigenvalue weighted by molar-refractivity contribution is -0.136. The molecule has 0 saturated carbocycles. The van der Waals surface area contributed by atoms with E-state index in [0.29, 0.717) is 18.7 Å². The molecule has 8 heteroatoms. The first-order valence-corrected chi connectivity index (χ1v) is 10.1. The van der Waals surface area contributed by atoms with Crippen LogP contribution in [0.25, 0.3) is 0 Å². The number of rotatable bonds is 6. The summed E-state index contributed by atoms with van der Waals surface area (Å²) in [6.07, 6.45) is 1.22. The summed E-state index contributed by atoms with van der Waals surface area (Å²) >= 11 is 0. The van der Waals surface area contributed by atoms with Gasteiger partial charge in [-0.25, -0.2) is 12.7 Å². The second kappa shape index (κ2) is 7.75. The van der Waals surface area contributed by atoms with Gasteiger partial charge in [-0.05, 0) is 37.0 Å². The van der Waals surface area contributed by atoms with Crippen LogP contribution in [0.1, 0.15) is 32.3 Å². The number of anilines is 1. The number of aryl methyl sites for hydroxylation is 1. The van der Waals surface area contributed by atoms with Gasteiger partial charge in [0.05, 0.1) is 4.90 Å². The number of nitrogens with one attached hydrogen (secondary N) is 1. The van der Waals surface area contributed by atoms with Crippen LogP contribution in [0.5, 0.6) is 0 Å². The van der Waals surface area contributed by atoms with E-state index in [1.807, 2.05) is 13.8 Å². The number of likely N-dealkylation sites (tertiary alicyclic amines) is 1. The van der Waals surface area contributed by atoms with Crippen molar-refractivity contribution in [1.29, 1.82) is 0 Å². The number of nitrogens with zero attached hydrogens (tertiary/aromatic N) is 2. The molecule has 1 aliphatic rings. The van der Waals surface area contributed by atoms with E-state index in [2.05, 4.69) is 5.32 Å². The molecule has 0 spiro atoms. The predicted octanol–water partition coefficient (Wildman–Crippen LogP) is 1.83. The summed E-state index contributed by atoms with van der Waals surface area (Å²) in [5.41, 5.74) is 1.20. The molecule has 1 atom stereocenters. The molecule has 1 aromatic carbocycles. The number of hydrogen-bond donors (Lipinski definition) is 1. The van der Waals surface area contributed by atoms with Crippen LogP contribution in [-0.4, -0.2) is 56.1 Å². The highest BCUT2D eigenvalue weighted by molar-refractivity contribution is 7.89. The van der Waals surface area contributed by atoms with Gasteiger partial charge in [-0.15, -0.1) is 0 Å². The minimum Gasteiger partial charge on any atom is -0.330 e. The molecule has 1 saturated heterocycles. The van der Waals surface area contributed by atoms with Crippen molar-refractivity contribution in [1.82, 2.24) is 9.21 Å². The highest BCUT2D eigenvalue weighted by atomic mass is 32.2. The molecule has 2 rings (SSSR count). The van der Waals surface area contributed by atoms with Crippen molar-refractivity contribution in [2.24, 2.45) is 5.92 Å². The largest absolute Gasteiger partial charge is 0.330 e. The normalized spacial score (nSPS) is 16.4. The average molecular weight is 381 g/mol. The third kappa shape index (κ3) is 4.07. The smallest absolute Gasteiger partial charge is 0.247 e. The van der Waals surface area contributed by atoms with E-state index in [9.17, 15) is 18.0 Å². The molecule has 1 N–H and O–H groups in total. The summed E-state index contributed by atoms with van der Waals surface area (Å²) in [5, 5.41) is 2.82. The zero-order chi connectivity index (χ0) is 19.6. The first kappa shape index (κ1) is 20.4. The number of sulfonamides is 1. The Labute approximate surface area is 155 Å². The van der Waals surface area contributed by atoms with E-state index in [0.717, 1.165) is 16.3 Å². The Morgan fingerprint density at radius 3 is 2.42 bits per heavy atom. The SMILES string of the molecule is Cc1ccc(S(=O)(=O)N(C)C)cc1NC(=O)C(C(C)C)N1CCCC1=O. The number of hydrogen-bond acceptors (Lipinski definition) is 4. The summed E-state index contributed by atoms with van der Waals surface area (Å²) in [7, 11) is -0.676. The summed E-state index contributed by atoms with van der Waals surface area (Å²) < 4.78 is 25.8. The molecule has 2 amide bonds. The molecular weight excluding hydrogens is 354 g/mol. The van der Waals surface area contributed by atoms with Gasteiger partial charge >= 0.3 is 0 Å². The second-order valence-corrected chi connectivity index (χ2v) is 9.28. The zero-order valence-electron chi connectivity index (χ0n) is 15.9. The van der Waals surface area contributed by atoms with Gasteiger partial charge in [0.2, 0.25) is 21.8 Å². The molecule has 26 heavy (non-hydrogen) atoms. The van der Waals surface area contributed by atoms with Crippen molar-refractivity contribution in [3.63, 3.8) is 0 Å². The molecule has 0 aliphatic carbocycles. The Kier molecular flexibility index (Phi) is 6.08. The van der Waals surface area contributed by atoms with E-state index in [1.165, 1.54) is 26.2 Å². The van der Waals surface area contributed by atoms with Gasteiger partial charge in [-0.3, -0.25) is 9.59 Å². The van der Waals surface area contributed by atoms with Crippen LogP contribution >= 0.6 is 0 Å². The van der Waals surface area contributed by atoms with Crippen molar-refractivity contribution in [2.45, 2.75) is 44.6 Å². The number of carbonyl (C=O) groups excluding carboxylic acids is 2. The molecule has 7 nitrogen and oxygen atoms in total.